The maximum atomic E-state index is 12.6. The number of fused-ring (bicyclic) bond motifs is 1. The van der Waals surface area contributed by atoms with Gasteiger partial charge in [0.2, 0.25) is 18.6 Å². The third-order valence-corrected chi connectivity index (χ3v) is 5.36. The van der Waals surface area contributed by atoms with Gasteiger partial charge in [-0.25, -0.2) is 0 Å². The number of nitrogens with zero attached hydrogens (tertiary/aromatic N) is 4. The lowest BCUT2D eigenvalue weighted by atomic mass is 10.1. The first-order valence-corrected chi connectivity index (χ1v) is 10.4. The van der Waals surface area contributed by atoms with Crippen molar-refractivity contribution in [3.63, 3.8) is 0 Å². The number of benzene rings is 1. The van der Waals surface area contributed by atoms with Crippen molar-refractivity contribution in [1.29, 1.82) is 0 Å². The second-order valence-electron chi connectivity index (χ2n) is 8.11. The first-order valence-electron chi connectivity index (χ1n) is 10.4. The molecule has 1 N–H and O–H groups in total. The highest BCUT2D eigenvalue weighted by molar-refractivity contribution is 6.05. The first-order chi connectivity index (χ1) is 14.9. The van der Waals surface area contributed by atoms with Crippen LogP contribution in [0.1, 0.15) is 48.8 Å². The van der Waals surface area contributed by atoms with Gasteiger partial charge in [-0.1, -0.05) is 19.0 Å². The van der Waals surface area contributed by atoms with Crippen LogP contribution in [0, 0.1) is 0 Å². The minimum absolute atomic E-state index is 0.108. The molecule has 1 aromatic heterocycles. The minimum Gasteiger partial charge on any atom is -0.454 e. The van der Waals surface area contributed by atoms with Gasteiger partial charge >= 0.3 is 0 Å². The maximum absolute atomic E-state index is 12.6. The highest BCUT2D eigenvalue weighted by atomic mass is 16.7. The van der Waals surface area contributed by atoms with Gasteiger partial charge in [-0.3, -0.25) is 19.4 Å². The highest BCUT2D eigenvalue weighted by Crippen LogP contribution is 2.37. The molecule has 1 saturated heterocycles. The minimum atomic E-state index is -0.173. The molecule has 0 aliphatic carbocycles. The van der Waals surface area contributed by atoms with E-state index in [0.717, 1.165) is 32.0 Å². The Bertz CT molecular complexity index is 965. The summed E-state index contributed by atoms with van der Waals surface area (Å²) in [7, 11) is 0. The zero-order valence-corrected chi connectivity index (χ0v) is 18.0. The van der Waals surface area contributed by atoms with Crippen LogP contribution in [0.25, 0.3) is 0 Å². The van der Waals surface area contributed by atoms with Gasteiger partial charge in [0.25, 0.3) is 0 Å². The first kappa shape index (κ1) is 21.3. The molecule has 10 nitrogen and oxygen atoms in total. The van der Waals surface area contributed by atoms with Crippen molar-refractivity contribution >= 4 is 17.4 Å². The standard InChI is InChI=1S/C21H27N5O5/c1-13(2)21-23-20(31-24-21)11-26-6-4-25(5-7-26)10-19(28)22-16-9-18-17(29-12-30-18)8-15(16)14(3)27/h8-9,13H,4-7,10-12H2,1-3H3,(H,22,28). The second kappa shape index (κ2) is 9.03. The Morgan fingerprint density at radius 3 is 2.42 bits per heavy atom. The average molecular weight is 429 g/mol. The van der Waals surface area contributed by atoms with Gasteiger partial charge in [-0.15, -0.1) is 0 Å². The van der Waals surface area contributed by atoms with Crippen molar-refractivity contribution in [2.45, 2.75) is 33.2 Å². The molecule has 1 fully saturated rings. The van der Waals surface area contributed by atoms with Crippen LogP contribution >= 0.6 is 0 Å². The normalized spacial score (nSPS) is 16.6. The zero-order valence-electron chi connectivity index (χ0n) is 18.0. The molecule has 2 aliphatic rings. The van der Waals surface area contributed by atoms with Gasteiger partial charge in [-0.05, 0) is 13.0 Å². The Balaban J connectivity index is 1.29. The number of amides is 1. The molecule has 2 aliphatic heterocycles. The average Bonchev–Trinajstić information content (AvgIpc) is 3.37. The third-order valence-electron chi connectivity index (χ3n) is 5.36. The fraction of sp³-hybridized carbons (Fsp3) is 0.524. The Morgan fingerprint density at radius 2 is 1.77 bits per heavy atom. The molecule has 0 bridgehead atoms. The van der Waals surface area contributed by atoms with Crippen molar-refractivity contribution in [3.8, 4) is 11.5 Å². The van der Waals surface area contributed by atoms with Gasteiger partial charge in [0, 0.05) is 43.7 Å². The molecular weight excluding hydrogens is 402 g/mol. The van der Waals surface area contributed by atoms with Crippen LogP contribution in [-0.2, 0) is 11.3 Å². The summed E-state index contributed by atoms with van der Waals surface area (Å²) >= 11 is 0. The topological polar surface area (TPSA) is 110 Å². The molecule has 166 valence electrons. The number of Topliss-reactive ketones (excluding diaryl/α,β-unsaturated/α-hetero) is 1. The van der Waals surface area contributed by atoms with Crippen molar-refractivity contribution in [2.75, 3.05) is 44.8 Å². The van der Waals surface area contributed by atoms with E-state index >= 15 is 0 Å². The molecule has 3 heterocycles. The van der Waals surface area contributed by atoms with E-state index in [4.69, 9.17) is 14.0 Å². The van der Waals surface area contributed by atoms with Crippen LogP contribution in [0.4, 0.5) is 5.69 Å². The molecule has 1 amide bonds. The fourth-order valence-corrected chi connectivity index (χ4v) is 3.59. The quantitative estimate of drug-likeness (QED) is 0.660. The van der Waals surface area contributed by atoms with Gasteiger partial charge in [0.1, 0.15) is 0 Å². The number of piperazine rings is 1. The lowest BCUT2D eigenvalue weighted by molar-refractivity contribution is -0.117. The molecule has 0 saturated carbocycles. The summed E-state index contributed by atoms with van der Waals surface area (Å²) in [6.07, 6.45) is 0. The third kappa shape index (κ3) is 5.02. The van der Waals surface area contributed by atoms with Gasteiger partial charge in [-0.2, -0.15) is 4.98 Å². The predicted molar refractivity (Wildman–Crippen MR) is 111 cm³/mol. The molecule has 31 heavy (non-hydrogen) atoms. The van der Waals surface area contributed by atoms with Crippen molar-refractivity contribution in [3.05, 3.63) is 29.4 Å². The number of carbonyl (C=O) groups is 2. The summed E-state index contributed by atoms with van der Waals surface area (Å²) in [6, 6.07) is 3.26. The number of hydrogen-bond acceptors (Lipinski definition) is 9. The van der Waals surface area contributed by atoms with Crippen molar-refractivity contribution < 1.29 is 23.6 Å². The molecule has 4 rings (SSSR count). The Hall–Kier alpha value is -2.98. The number of carbonyl (C=O) groups excluding carboxylic acids is 2. The number of hydrogen-bond donors (Lipinski definition) is 1. The van der Waals surface area contributed by atoms with E-state index in [1.165, 1.54) is 6.92 Å². The van der Waals surface area contributed by atoms with E-state index in [9.17, 15) is 9.59 Å². The van der Waals surface area contributed by atoms with Crippen LogP contribution < -0.4 is 14.8 Å². The van der Waals surface area contributed by atoms with Crippen molar-refractivity contribution in [1.82, 2.24) is 19.9 Å². The Labute approximate surface area is 180 Å². The summed E-state index contributed by atoms with van der Waals surface area (Å²) in [5, 5.41) is 6.85. The van der Waals surface area contributed by atoms with E-state index in [1.54, 1.807) is 12.1 Å². The SMILES string of the molecule is CC(=O)c1cc2c(cc1NC(=O)CN1CCN(Cc3nc(C(C)C)no3)CC1)OCO2. The fourth-order valence-electron chi connectivity index (χ4n) is 3.59. The van der Waals surface area contributed by atoms with Crippen LogP contribution in [0.15, 0.2) is 16.7 Å². The van der Waals surface area contributed by atoms with Gasteiger partial charge < -0.3 is 19.3 Å². The number of ether oxygens (including phenoxy) is 2. The van der Waals surface area contributed by atoms with E-state index in [2.05, 4.69) is 25.3 Å². The van der Waals surface area contributed by atoms with Crippen LogP contribution in [0.3, 0.4) is 0 Å². The summed E-state index contributed by atoms with van der Waals surface area (Å²) in [5.41, 5.74) is 0.848. The molecule has 10 heteroatoms. The van der Waals surface area contributed by atoms with Crippen molar-refractivity contribution in [2.24, 2.45) is 0 Å². The second-order valence-corrected chi connectivity index (χ2v) is 8.11. The summed E-state index contributed by atoms with van der Waals surface area (Å²) in [6.45, 7) is 9.58. The monoisotopic (exact) mass is 429 g/mol. The molecular formula is C21H27N5O5. The van der Waals surface area contributed by atoms with Crippen LogP contribution in [-0.4, -0.2) is 71.1 Å². The number of rotatable bonds is 7. The predicted octanol–water partition coefficient (Wildman–Crippen LogP) is 1.88. The highest BCUT2D eigenvalue weighted by Gasteiger charge is 2.23. The van der Waals surface area contributed by atoms with Crippen LogP contribution in [0.5, 0.6) is 11.5 Å². The zero-order chi connectivity index (χ0) is 22.0. The van der Waals surface area contributed by atoms with Crippen LogP contribution in [0.2, 0.25) is 0 Å². The Kier molecular flexibility index (Phi) is 6.19. The summed E-state index contributed by atoms with van der Waals surface area (Å²) in [5.74, 6) is 2.29. The molecule has 0 radical (unpaired) electrons. The number of nitrogens with one attached hydrogen (secondary N) is 1. The lowest BCUT2D eigenvalue weighted by Gasteiger charge is -2.33. The number of ketones is 1. The number of anilines is 1. The maximum Gasteiger partial charge on any atom is 0.240 e. The Morgan fingerprint density at radius 1 is 1.10 bits per heavy atom. The van der Waals surface area contributed by atoms with E-state index < -0.39 is 0 Å². The smallest absolute Gasteiger partial charge is 0.240 e. The molecule has 1 aromatic carbocycles. The number of aromatic nitrogens is 2. The summed E-state index contributed by atoms with van der Waals surface area (Å²) in [4.78, 5) is 33.3. The molecule has 2 aromatic rings. The van der Waals surface area contributed by atoms with E-state index in [-0.39, 0.29) is 30.9 Å². The summed E-state index contributed by atoms with van der Waals surface area (Å²) < 4.78 is 16.0. The largest absolute Gasteiger partial charge is 0.454 e. The molecule has 0 unspecified atom stereocenters. The lowest BCUT2D eigenvalue weighted by Crippen LogP contribution is -2.48. The molecule has 0 atom stereocenters. The molecule has 0 spiro atoms. The van der Waals surface area contributed by atoms with E-state index in [1.807, 2.05) is 13.8 Å². The van der Waals surface area contributed by atoms with Gasteiger partial charge in [0.05, 0.1) is 18.8 Å². The van der Waals surface area contributed by atoms with E-state index in [0.29, 0.717) is 35.2 Å². The van der Waals surface area contributed by atoms with Gasteiger partial charge in [0.15, 0.2) is 23.1 Å².